The van der Waals surface area contributed by atoms with E-state index < -0.39 is 59.5 Å². The van der Waals surface area contributed by atoms with Crippen LogP contribution in [0, 0.1) is 25.5 Å². The normalized spacial score (nSPS) is 11.0. The van der Waals surface area contributed by atoms with E-state index in [1.54, 1.807) is 0 Å². The number of halogens is 8. The lowest BCUT2D eigenvalue weighted by molar-refractivity contribution is -0.275. The highest BCUT2D eigenvalue weighted by Crippen LogP contribution is 2.40. The molecule has 0 aliphatic rings. The number of benzene rings is 4. The molecule has 16 nitrogen and oxygen atoms in total. The number of nitrogens with one attached hydrogen (secondary N) is 2. The van der Waals surface area contributed by atoms with Gasteiger partial charge in [0, 0.05) is 35.9 Å². The Hall–Kier alpha value is -8.70. The van der Waals surface area contributed by atoms with Gasteiger partial charge in [0.05, 0.1) is 32.5 Å². The molecule has 6 rings (SSSR count). The molecule has 0 saturated carbocycles. The van der Waals surface area contributed by atoms with Gasteiger partial charge in [-0.2, -0.15) is 0 Å². The second-order valence-electron chi connectivity index (χ2n) is 13.7. The van der Waals surface area contributed by atoms with Gasteiger partial charge in [-0.05, 0) is 97.8 Å². The Morgan fingerprint density at radius 3 is 1.32 bits per heavy atom. The van der Waals surface area contributed by atoms with Gasteiger partial charge in [-0.15, -0.1) is 26.3 Å². The van der Waals surface area contributed by atoms with Crippen molar-refractivity contribution in [2.24, 2.45) is 5.73 Å². The van der Waals surface area contributed by atoms with Crippen molar-refractivity contribution in [2.75, 3.05) is 32.0 Å². The fourth-order valence-corrected chi connectivity index (χ4v) is 5.69. The molecule has 0 fully saturated rings. The van der Waals surface area contributed by atoms with Gasteiger partial charge in [-0.3, -0.25) is 19.4 Å². The number of rotatable bonds is 14. The Labute approximate surface area is 384 Å². The summed E-state index contributed by atoms with van der Waals surface area (Å²) in [5.41, 5.74) is 5.15. The van der Waals surface area contributed by atoms with Gasteiger partial charge >= 0.3 is 18.7 Å². The van der Waals surface area contributed by atoms with E-state index >= 15 is 0 Å². The van der Waals surface area contributed by atoms with Crippen LogP contribution >= 0.6 is 0 Å². The van der Waals surface area contributed by atoms with E-state index in [-0.39, 0.29) is 79.5 Å². The summed E-state index contributed by atoms with van der Waals surface area (Å²) in [7, 11) is 3.57. The van der Waals surface area contributed by atoms with Crippen molar-refractivity contribution >= 4 is 35.1 Å². The van der Waals surface area contributed by atoms with Gasteiger partial charge in [-0.1, -0.05) is 0 Å². The molecule has 2 aromatic heterocycles. The fourth-order valence-electron chi connectivity index (χ4n) is 5.69. The van der Waals surface area contributed by atoms with Crippen LogP contribution in [0.4, 0.5) is 46.5 Å². The standard InChI is InChI=1S/C23H18F4N2O6.C22H17F4N3O5/c1-12-8-19(34-18-5-4-14(10-20(18)32-2)35-23(25,26)27)15(11-16(12)24)21(30)29-13-6-7-28-17(9-13)22(31)33-3;1-11-7-18(33-17-4-3-13(9-19(17)32-2)34-22(24,25)26)14(10-15(11)23)21(31)29-12-5-6-28-16(8-12)20(27)30/h4-11H,1-3H3,(H,28,29,30);3-10H,1-2H3,(H2,27,30)(H,28,29,31). The van der Waals surface area contributed by atoms with Crippen LogP contribution in [0.2, 0.25) is 0 Å². The first kappa shape index (κ1) is 51.3. The van der Waals surface area contributed by atoms with E-state index in [2.05, 4.69) is 34.8 Å². The zero-order valence-electron chi connectivity index (χ0n) is 36.2. The number of amides is 3. The first-order chi connectivity index (χ1) is 32.5. The van der Waals surface area contributed by atoms with E-state index in [4.69, 9.17) is 24.7 Å². The van der Waals surface area contributed by atoms with Gasteiger partial charge in [-0.25, -0.2) is 18.6 Å². The number of alkyl halides is 6. The smallest absolute Gasteiger partial charge is 0.493 e. The molecule has 2 heterocycles. The van der Waals surface area contributed by atoms with E-state index in [1.807, 2.05) is 0 Å². The monoisotopic (exact) mass is 973 g/mol. The minimum absolute atomic E-state index is 0.0565. The minimum atomic E-state index is -4.91. The molecular weight excluding hydrogens is 939 g/mol. The summed E-state index contributed by atoms with van der Waals surface area (Å²) in [5, 5.41) is 4.98. The number of ether oxygens (including phenoxy) is 7. The predicted molar refractivity (Wildman–Crippen MR) is 226 cm³/mol. The zero-order valence-corrected chi connectivity index (χ0v) is 36.2. The van der Waals surface area contributed by atoms with Crippen LogP contribution in [0.25, 0.3) is 0 Å². The van der Waals surface area contributed by atoms with Crippen LogP contribution in [0.3, 0.4) is 0 Å². The third kappa shape index (κ3) is 14.2. The van der Waals surface area contributed by atoms with Crippen molar-refractivity contribution in [3.63, 3.8) is 0 Å². The van der Waals surface area contributed by atoms with Crippen molar-refractivity contribution in [3.8, 4) is 46.0 Å². The maximum atomic E-state index is 14.3. The number of pyridine rings is 2. The molecule has 0 radical (unpaired) electrons. The molecule has 6 aromatic rings. The van der Waals surface area contributed by atoms with Crippen molar-refractivity contribution in [1.82, 2.24) is 9.97 Å². The topological polar surface area (TPSA) is 209 Å². The number of nitrogens with zero attached hydrogens (tertiary/aromatic N) is 2. The summed E-state index contributed by atoms with van der Waals surface area (Å²) in [6, 6.07) is 15.8. The largest absolute Gasteiger partial charge is 0.573 e. The number of hydrogen-bond acceptors (Lipinski definition) is 13. The molecule has 0 atom stereocenters. The number of hydrogen-bond donors (Lipinski definition) is 3. The number of anilines is 2. The Bertz CT molecular complexity index is 2900. The summed E-state index contributed by atoms with van der Waals surface area (Å²) in [4.78, 5) is 56.4. The third-order valence-electron chi connectivity index (χ3n) is 8.87. The third-order valence-corrected chi connectivity index (χ3v) is 8.87. The average molecular weight is 974 g/mol. The van der Waals surface area contributed by atoms with Crippen molar-refractivity contribution in [2.45, 2.75) is 26.6 Å². The molecule has 0 aliphatic carbocycles. The lowest BCUT2D eigenvalue weighted by Gasteiger charge is -2.16. The van der Waals surface area contributed by atoms with Crippen molar-refractivity contribution in [3.05, 3.63) is 143 Å². The number of nitrogens with two attached hydrogens (primary N) is 1. The number of esters is 1. The molecule has 0 aliphatic heterocycles. The lowest BCUT2D eigenvalue weighted by Crippen LogP contribution is -2.17. The molecule has 24 heteroatoms. The highest BCUT2D eigenvalue weighted by molar-refractivity contribution is 6.07. The number of aromatic nitrogens is 2. The SMILES string of the molecule is COC(=O)c1cc(NC(=O)c2cc(F)c(C)cc2Oc2ccc(OC(F)(F)F)cc2OC)ccn1.COc1cc(OC(F)(F)F)ccc1Oc1cc(C)c(F)cc1C(=O)Nc1ccnc(C(N)=O)c1. The van der Waals surface area contributed by atoms with Gasteiger partial charge in [0.15, 0.2) is 23.0 Å². The number of carbonyl (C=O) groups excluding carboxylic acids is 4. The molecule has 0 spiro atoms. The van der Waals surface area contributed by atoms with Gasteiger partial charge in [0.25, 0.3) is 17.7 Å². The first-order valence-corrected chi connectivity index (χ1v) is 19.2. The number of primary amides is 1. The first-order valence-electron chi connectivity index (χ1n) is 19.2. The number of carbonyl (C=O) groups is 4. The maximum Gasteiger partial charge on any atom is 0.573 e. The molecule has 3 amide bonds. The van der Waals surface area contributed by atoms with Gasteiger partial charge in [0.1, 0.15) is 46.0 Å². The molecular formula is C45H35F8N5O11. The van der Waals surface area contributed by atoms with Crippen LogP contribution in [0.5, 0.6) is 46.0 Å². The van der Waals surface area contributed by atoms with Crippen molar-refractivity contribution < 1.29 is 87.5 Å². The van der Waals surface area contributed by atoms with Crippen LogP contribution in [0.15, 0.2) is 97.3 Å². The van der Waals surface area contributed by atoms with Crippen LogP contribution in [-0.2, 0) is 4.74 Å². The minimum Gasteiger partial charge on any atom is -0.493 e. The van der Waals surface area contributed by atoms with Crippen LogP contribution in [0.1, 0.15) is 52.8 Å². The Balaban J connectivity index is 0.000000258. The summed E-state index contributed by atoms with van der Waals surface area (Å²) >= 11 is 0. The van der Waals surface area contributed by atoms with E-state index in [9.17, 15) is 54.3 Å². The summed E-state index contributed by atoms with van der Waals surface area (Å²) in [5.74, 6) is -6.22. The van der Waals surface area contributed by atoms with Crippen molar-refractivity contribution in [1.29, 1.82) is 0 Å². The van der Waals surface area contributed by atoms with Crippen LogP contribution < -0.4 is 44.8 Å². The van der Waals surface area contributed by atoms with E-state index in [0.29, 0.717) is 0 Å². The molecule has 0 bridgehead atoms. The molecule has 0 saturated heterocycles. The second kappa shape index (κ2) is 21.7. The Morgan fingerprint density at radius 1 is 0.536 bits per heavy atom. The molecule has 4 aromatic carbocycles. The quantitative estimate of drug-likeness (QED) is 0.0687. The molecule has 0 unspecified atom stereocenters. The van der Waals surface area contributed by atoms with Gasteiger partial charge in [0.2, 0.25) is 0 Å². The summed E-state index contributed by atoms with van der Waals surface area (Å²) in [6.07, 6.45) is -7.30. The number of methoxy groups -OCH3 is 3. The van der Waals surface area contributed by atoms with Gasteiger partial charge < -0.3 is 49.5 Å². The highest BCUT2D eigenvalue weighted by atomic mass is 19.4. The molecule has 362 valence electrons. The summed E-state index contributed by atoms with van der Waals surface area (Å²) in [6.45, 7) is 2.87. The lowest BCUT2D eigenvalue weighted by atomic mass is 10.1. The van der Waals surface area contributed by atoms with E-state index in [0.717, 1.165) is 48.5 Å². The zero-order chi connectivity index (χ0) is 50.8. The second-order valence-corrected chi connectivity index (χ2v) is 13.7. The Morgan fingerprint density at radius 2 is 0.942 bits per heavy atom. The van der Waals surface area contributed by atoms with Crippen LogP contribution in [-0.4, -0.2) is 67.7 Å². The maximum absolute atomic E-state index is 14.3. The molecule has 69 heavy (non-hydrogen) atoms. The average Bonchev–Trinajstić information content (AvgIpc) is 3.28. The summed E-state index contributed by atoms with van der Waals surface area (Å²) < 4.78 is 137. The van der Waals surface area contributed by atoms with E-state index in [1.165, 1.54) is 84.0 Å². The Kier molecular flexibility index (Phi) is 16.2. The highest BCUT2D eigenvalue weighted by Gasteiger charge is 2.33. The molecule has 4 N–H and O–H groups in total. The fraction of sp³-hybridized carbons (Fsp3) is 0.156. The predicted octanol–water partition coefficient (Wildman–Crippen LogP) is 9.85. The number of aryl methyl sites for hydroxylation is 2.